The summed E-state index contributed by atoms with van der Waals surface area (Å²) in [5, 5.41) is 13.5. The zero-order chi connectivity index (χ0) is 13.0. The minimum absolute atomic E-state index is 0.0680. The van der Waals surface area contributed by atoms with E-state index in [0.717, 1.165) is 31.2 Å². The summed E-state index contributed by atoms with van der Waals surface area (Å²) in [6.45, 7) is 2.02. The fourth-order valence-electron chi connectivity index (χ4n) is 2.68. The van der Waals surface area contributed by atoms with E-state index in [-0.39, 0.29) is 24.0 Å². The summed E-state index contributed by atoms with van der Waals surface area (Å²) in [4.78, 5) is 0. The van der Waals surface area contributed by atoms with Gasteiger partial charge < -0.3 is 10.4 Å². The predicted molar refractivity (Wildman–Crippen MR) is 70.8 cm³/mol. The van der Waals surface area contributed by atoms with E-state index in [1.54, 1.807) is 12.1 Å². The first-order valence-corrected chi connectivity index (χ1v) is 6.86. The Labute approximate surface area is 108 Å². The number of aliphatic hydroxyl groups excluding tert-OH is 1. The third-order valence-electron chi connectivity index (χ3n) is 3.79. The van der Waals surface area contributed by atoms with Crippen molar-refractivity contribution in [1.29, 1.82) is 0 Å². The van der Waals surface area contributed by atoms with Gasteiger partial charge in [0.2, 0.25) is 0 Å². The molecule has 0 saturated heterocycles. The third kappa shape index (κ3) is 3.53. The second-order valence-electron chi connectivity index (χ2n) is 5.26. The van der Waals surface area contributed by atoms with Crippen LogP contribution in [-0.2, 0) is 0 Å². The largest absolute Gasteiger partial charge is 0.392 e. The summed E-state index contributed by atoms with van der Waals surface area (Å²) in [6.07, 6.45) is 5.06. The molecule has 1 aromatic carbocycles. The summed E-state index contributed by atoms with van der Waals surface area (Å²) in [5.74, 6) is -0.206. The molecule has 2 N–H and O–H groups in total. The van der Waals surface area contributed by atoms with Gasteiger partial charge in [-0.05, 0) is 37.5 Å². The monoisotopic (exact) mass is 251 g/mol. The normalized spacial score (nSPS) is 26.6. The molecule has 0 radical (unpaired) electrons. The standard InChI is InChI=1S/C15H22FNO/c1-11(12-6-5-7-13(16)10-12)17-14-8-3-2-4-9-15(14)18/h5-7,10-11,14-15,17-18H,2-4,8-9H2,1H3/t11-,14?,15?/m1/s1. The third-order valence-corrected chi connectivity index (χ3v) is 3.79. The van der Waals surface area contributed by atoms with Gasteiger partial charge in [0, 0.05) is 12.1 Å². The molecular formula is C15H22FNO. The van der Waals surface area contributed by atoms with Crippen molar-refractivity contribution in [1.82, 2.24) is 5.32 Å². The highest BCUT2D eigenvalue weighted by molar-refractivity contribution is 5.19. The van der Waals surface area contributed by atoms with Crippen LogP contribution in [-0.4, -0.2) is 17.3 Å². The van der Waals surface area contributed by atoms with E-state index in [0.29, 0.717) is 0 Å². The molecule has 100 valence electrons. The second kappa shape index (κ2) is 6.30. The molecule has 3 atom stereocenters. The molecule has 2 rings (SSSR count). The minimum Gasteiger partial charge on any atom is -0.392 e. The molecule has 2 unspecified atom stereocenters. The van der Waals surface area contributed by atoms with Gasteiger partial charge in [-0.3, -0.25) is 0 Å². The van der Waals surface area contributed by atoms with E-state index in [2.05, 4.69) is 5.32 Å². The molecule has 0 aromatic heterocycles. The molecule has 1 saturated carbocycles. The number of aliphatic hydroxyl groups is 1. The molecule has 0 spiro atoms. The van der Waals surface area contributed by atoms with Crippen LogP contribution < -0.4 is 5.32 Å². The van der Waals surface area contributed by atoms with E-state index in [1.807, 2.05) is 13.0 Å². The average molecular weight is 251 g/mol. The van der Waals surface area contributed by atoms with Gasteiger partial charge in [-0.15, -0.1) is 0 Å². The minimum atomic E-state index is -0.275. The van der Waals surface area contributed by atoms with Crippen molar-refractivity contribution in [3.63, 3.8) is 0 Å². The van der Waals surface area contributed by atoms with Gasteiger partial charge in [0.25, 0.3) is 0 Å². The maximum atomic E-state index is 13.2. The Morgan fingerprint density at radius 1 is 1.28 bits per heavy atom. The van der Waals surface area contributed by atoms with Crippen molar-refractivity contribution in [3.8, 4) is 0 Å². The predicted octanol–water partition coefficient (Wildman–Crippen LogP) is 3.17. The van der Waals surface area contributed by atoms with Gasteiger partial charge in [0.05, 0.1) is 6.10 Å². The summed E-state index contributed by atoms with van der Waals surface area (Å²) < 4.78 is 13.2. The van der Waals surface area contributed by atoms with E-state index in [4.69, 9.17) is 0 Å². The number of benzene rings is 1. The zero-order valence-corrected chi connectivity index (χ0v) is 10.9. The fourth-order valence-corrected chi connectivity index (χ4v) is 2.68. The Kier molecular flexibility index (Phi) is 4.72. The van der Waals surface area contributed by atoms with E-state index >= 15 is 0 Å². The molecule has 0 bridgehead atoms. The van der Waals surface area contributed by atoms with Crippen LogP contribution in [0.5, 0.6) is 0 Å². The lowest BCUT2D eigenvalue weighted by Gasteiger charge is -2.26. The smallest absolute Gasteiger partial charge is 0.123 e. The highest BCUT2D eigenvalue weighted by Crippen LogP contribution is 2.21. The van der Waals surface area contributed by atoms with Gasteiger partial charge in [-0.1, -0.05) is 31.4 Å². The zero-order valence-electron chi connectivity index (χ0n) is 10.9. The van der Waals surface area contributed by atoms with Gasteiger partial charge in [-0.2, -0.15) is 0 Å². The fraction of sp³-hybridized carbons (Fsp3) is 0.600. The lowest BCUT2D eigenvalue weighted by atomic mass is 10.0. The molecule has 1 aliphatic rings. The Bertz CT molecular complexity index is 383. The van der Waals surface area contributed by atoms with Crippen molar-refractivity contribution < 1.29 is 9.50 Å². The summed E-state index contributed by atoms with van der Waals surface area (Å²) in [7, 11) is 0. The van der Waals surface area contributed by atoms with Crippen LogP contribution in [0, 0.1) is 5.82 Å². The number of hydrogen-bond donors (Lipinski definition) is 2. The first-order valence-electron chi connectivity index (χ1n) is 6.86. The van der Waals surface area contributed by atoms with E-state index in [1.165, 1.54) is 12.5 Å². The van der Waals surface area contributed by atoms with E-state index in [9.17, 15) is 9.50 Å². The van der Waals surface area contributed by atoms with Crippen LogP contribution >= 0.6 is 0 Å². The number of halogens is 1. The maximum Gasteiger partial charge on any atom is 0.123 e. The van der Waals surface area contributed by atoms with Crippen molar-refractivity contribution in [2.45, 2.75) is 57.2 Å². The Morgan fingerprint density at radius 3 is 2.83 bits per heavy atom. The number of hydrogen-bond acceptors (Lipinski definition) is 2. The quantitative estimate of drug-likeness (QED) is 0.809. The molecule has 1 aliphatic carbocycles. The highest BCUT2D eigenvalue weighted by atomic mass is 19.1. The Morgan fingerprint density at radius 2 is 2.06 bits per heavy atom. The lowest BCUT2D eigenvalue weighted by Crippen LogP contribution is -2.40. The molecule has 18 heavy (non-hydrogen) atoms. The second-order valence-corrected chi connectivity index (χ2v) is 5.26. The van der Waals surface area contributed by atoms with Gasteiger partial charge >= 0.3 is 0 Å². The highest BCUT2D eigenvalue weighted by Gasteiger charge is 2.23. The van der Waals surface area contributed by atoms with Crippen LogP contribution in [0.3, 0.4) is 0 Å². The topological polar surface area (TPSA) is 32.3 Å². The van der Waals surface area contributed by atoms with Crippen LogP contribution in [0.4, 0.5) is 4.39 Å². The maximum absolute atomic E-state index is 13.2. The molecule has 1 fully saturated rings. The molecule has 0 aliphatic heterocycles. The van der Waals surface area contributed by atoms with Crippen molar-refractivity contribution in [3.05, 3.63) is 35.6 Å². The average Bonchev–Trinajstić information content (AvgIpc) is 2.55. The van der Waals surface area contributed by atoms with Crippen molar-refractivity contribution >= 4 is 0 Å². The van der Waals surface area contributed by atoms with Crippen LogP contribution in [0.2, 0.25) is 0 Å². The number of rotatable bonds is 3. The summed E-state index contributed by atoms with van der Waals surface area (Å²) in [6, 6.07) is 6.86. The first kappa shape index (κ1) is 13.5. The first-order chi connectivity index (χ1) is 8.66. The molecule has 2 nitrogen and oxygen atoms in total. The Hall–Kier alpha value is -0.930. The summed E-state index contributed by atoms with van der Waals surface area (Å²) >= 11 is 0. The molecule has 0 amide bonds. The SMILES string of the molecule is C[C@@H](NC1CCCCCC1O)c1cccc(F)c1. The van der Waals surface area contributed by atoms with Crippen LogP contribution in [0.25, 0.3) is 0 Å². The molecule has 1 aromatic rings. The molecule has 0 heterocycles. The molecule has 3 heteroatoms. The van der Waals surface area contributed by atoms with Crippen molar-refractivity contribution in [2.75, 3.05) is 0 Å². The van der Waals surface area contributed by atoms with Gasteiger partial charge in [0.15, 0.2) is 0 Å². The van der Waals surface area contributed by atoms with Crippen molar-refractivity contribution in [2.24, 2.45) is 0 Å². The Balaban J connectivity index is 1.99. The van der Waals surface area contributed by atoms with E-state index < -0.39 is 0 Å². The lowest BCUT2D eigenvalue weighted by molar-refractivity contribution is 0.115. The van der Waals surface area contributed by atoms with Gasteiger partial charge in [0.1, 0.15) is 5.82 Å². The van der Waals surface area contributed by atoms with Gasteiger partial charge in [-0.25, -0.2) is 4.39 Å². The molecular weight excluding hydrogens is 229 g/mol. The number of nitrogens with one attached hydrogen (secondary N) is 1. The van der Waals surface area contributed by atoms with Crippen LogP contribution in [0.15, 0.2) is 24.3 Å². The summed E-state index contributed by atoms with van der Waals surface area (Å²) in [5.41, 5.74) is 0.937. The van der Waals surface area contributed by atoms with Crippen LogP contribution in [0.1, 0.15) is 50.6 Å².